The number of rotatable bonds is 14. The van der Waals surface area contributed by atoms with Gasteiger partial charge in [0.25, 0.3) is 0 Å². The number of carbonyl (C=O) groups is 1. The molecule has 2 aromatic rings. The molecule has 0 unspecified atom stereocenters. The van der Waals surface area contributed by atoms with Crippen LogP contribution in [0.5, 0.6) is 23.0 Å². The molecule has 0 aliphatic heterocycles. The summed E-state index contributed by atoms with van der Waals surface area (Å²) in [4.78, 5) is 12.1. The summed E-state index contributed by atoms with van der Waals surface area (Å²) in [5.74, 6) is 2.37. The lowest BCUT2D eigenvalue weighted by molar-refractivity contribution is -0.113. The summed E-state index contributed by atoms with van der Waals surface area (Å²) in [5, 5.41) is 3.14. The zero-order valence-corrected chi connectivity index (χ0v) is 20.7. The predicted molar refractivity (Wildman–Crippen MR) is 144 cm³/mol. The number of hydrogen-bond acceptors (Lipinski definition) is 6. The molecule has 0 bridgehead atoms. The van der Waals surface area contributed by atoms with E-state index in [1.165, 1.54) is 6.08 Å². The van der Waals surface area contributed by atoms with Crippen molar-refractivity contribution < 1.29 is 23.7 Å². The van der Waals surface area contributed by atoms with Crippen molar-refractivity contribution in [2.75, 3.05) is 33.8 Å². The van der Waals surface area contributed by atoms with Gasteiger partial charge in [0.1, 0.15) is 5.75 Å². The fraction of sp³-hybridized carbons (Fsp3) is 0.207. The number of allylic oxidation sites excluding steroid dienone is 6. The Morgan fingerprint density at radius 1 is 0.857 bits per heavy atom. The second-order valence-corrected chi connectivity index (χ2v) is 7.28. The lowest BCUT2D eigenvalue weighted by Gasteiger charge is -2.13. The number of ether oxygens (including phenoxy) is 4. The Balaban J connectivity index is 2.11. The molecule has 0 heterocycles. The molecule has 0 spiro atoms. The maximum absolute atomic E-state index is 12.1. The molecule has 6 nitrogen and oxygen atoms in total. The minimum Gasteiger partial charge on any atom is -0.495 e. The van der Waals surface area contributed by atoms with Gasteiger partial charge in [0.05, 0.1) is 34.1 Å². The molecule has 1 N–H and O–H groups in total. The highest BCUT2D eigenvalue weighted by molar-refractivity contribution is 5.91. The molecule has 0 fully saturated rings. The molecule has 0 aliphatic carbocycles. The van der Waals surface area contributed by atoms with Gasteiger partial charge in [-0.2, -0.15) is 0 Å². The molecule has 2 aromatic carbocycles. The van der Waals surface area contributed by atoms with E-state index in [1.54, 1.807) is 34.6 Å². The summed E-state index contributed by atoms with van der Waals surface area (Å²) < 4.78 is 21.7. The standard InChI is InChI=1S/C29H33NO5/c1-6-7-8-9-10-11-12-24(31)17-18-30-25-19-22(15-16-26(25)32-2)13-14-23-20-27(33-3)29(35-5)28(21-23)34-4/h6,8-11,13-21,30H,1,7,12H2,2-5H3/b9-8-,11-10-,14-13-,18-17-. The van der Waals surface area contributed by atoms with Crippen molar-refractivity contribution in [2.24, 2.45) is 0 Å². The lowest BCUT2D eigenvalue weighted by Crippen LogP contribution is -1.96. The van der Waals surface area contributed by atoms with Crippen LogP contribution in [-0.4, -0.2) is 34.2 Å². The van der Waals surface area contributed by atoms with Crippen molar-refractivity contribution >= 4 is 23.6 Å². The molecule has 6 heteroatoms. The van der Waals surface area contributed by atoms with Crippen LogP contribution >= 0.6 is 0 Å². The Hall–Kier alpha value is -4.19. The Labute approximate surface area is 207 Å². The molecule has 0 saturated carbocycles. The maximum atomic E-state index is 12.1. The monoisotopic (exact) mass is 475 g/mol. The second-order valence-electron chi connectivity index (χ2n) is 7.28. The van der Waals surface area contributed by atoms with Gasteiger partial charge in [-0.05, 0) is 47.9 Å². The van der Waals surface area contributed by atoms with Crippen molar-refractivity contribution in [2.45, 2.75) is 12.8 Å². The van der Waals surface area contributed by atoms with Gasteiger partial charge < -0.3 is 24.3 Å². The van der Waals surface area contributed by atoms with E-state index in [2.05, 4.69) is 11.9 Å². The molecule has 35 heavy (non-hydrogen) atoms. The summed E-state index contributed by atoms with van der Waals surface area (Å²) in [7, 11) is 6.35. The van der Waals surface area contributed by atoms with E-state index < -0.39 is 0 Å². The van der Waals surface area contributed by atoms with Gasteiger partial charge in [-0.1, -0.05) is 48.6 Å². The Morgan fingerprint density at radius 2 is 1.51 bits per heavy atom. The highest BCUT2D eigenvalue weighted by Gasteiger charge is 2.12. The van der Waals surface area contributed by atoms with Crippen molar-refractivity contribution in [3.63, 3.8) is 0 Å². The Kier molecular flexibility index (Phi) is 11.5. The van der Waals surface area contributed by atoms with Gasteiger partial charge in [-0.15, -0.1) is 6.58 Å². The third kappa shape index (κ3) is 8.59. The molecule has 0 amide bonds. The molecule has 0 radical (unpaired) electrons. The minimum atomic E-state index is -0.0108. The third-order valence-corrected chi connectivity index (χ3v) is 4.89. The molecule has 0 aromatic heterocycles. The van der Waals surface area contributed by atoms with Crippen molar-refractivity contribution in [1.29, 1.82) is 0 Å². The van der Waals surface area contributed by atoms with E-state index in [0.29, 0.717) is 29.4 Å². The predicted octanol–water partition coefficient (Wildman–Crippen LogP) is 6.46. The molecule has 0 saturated heterocycles. The van der Waals surface area contributed by atoms with Crippen molar-refractivity contribution in [3.8, 4) is 23.0 Å². The summed E-state index contributed by atoms with van der Waals surface area (Å²) in [6.07, 6.45) is 17.5. The van der Waals surface area contributed by atoms with E-state index in [-0.39, 0.29) is 5.78 Å². The highest BCUT2D eigenvalue weighted by Crippen LogP contribution is 2.38. The SMILES string of the molecule is C=CC/C=C\C=C/CC(=O)/C=C\Nc1cc(/C=C\c2cc(OC)c(OC)c(OC)c2)ccc1OC. The maximum Gasteiger partial charge on any atom is 0.203 e. The van der Waals surface area contributed by atoms with Crippen molar-refractivity contribution in [1.82, 2.24) is 0 Å². The summed E-state index contributed by atoms with van der Waals surface area (Å²) in [5.41, 5.74) is 2.57. The molecular formula is C29H33NO5. The zero-order valence-electron chi connectivity index (χ0n) is 20.7. The summed E-state index contributed by atoms with van der Waals surface area (Å²) >= 11 is 0. The van der Waals surface area contributed by atoms with Gasteiger partial charge in [0.15, 0.2) is 17.3 Å². The van der Waals surface area contributed by atoms with Crippen LogP contribution in [0.3, 0.4) is 0 Å². The summed E-state index contributed by atoms with van der Waals surface area (Å²) in [6, 6.07) is 9.49. The normalized spacial score (nSPS) is 11.4. The van der Waals surface area contributed by atoms with E-state index >= 15 is 0 Å². The van der Waals surface area contributed by atoms with Crippen LogP contribution in [0.4, 0.5) is 5.69 Å². The van der Waals surface area contributed by atoms with E-state index in [4.69, 9.17) is 18.9 Å². The molecule has 0 atom stereocenters. The van der Waals surface area contributed by atoms with Crippen LogP contribution in [0.15, 0.2) is 79.6 Å². The van der Waals surface area contributed by atoms with Crippen molar-refractivity contribution in [3.05, 3.63) is 90.7 Å². The van der Waals surface area contributed by atoms with Crippen LogP contribution in [0.2, 0.25) is 0 Å². The van der Waals surface area contributed by atoms with Gasteiger partial charge in [0, 0.05) is 12.6 Å². The fourth-order valence-corrected chi connectivity index (χ4v) is 3.14. The average molecular weight is 476 g/mol. The molecule has 2 rings (SSSR count). The fourth-order valence-electron chi connectivity index (χ4n) is 3.14. The van der Waals surface area contributed by atoms with E-state index in [0.717, 1.165) is 23.2 Å². The number of nitrogens with one attached hydrogen (secondary N) is 1. The molecule has 184 valence electrons. The Morgan fingerprint density at radius 3 is 2.14 bits per heavy atom. The van der Waals surface area contributed by atoms with Gasteiger partial charge in [-0.25, -0.2) is 0 Å². The first-order chi connectivity index (χ1) is 17.1. The van der Waals surface area contributed by atoms with Gasteiger partial charge >= 0.3 is 0 Å². The first kappa shape index (κ1) is 27.1. The quantitative estimate of drug-likeness (QED) is 0.146. The number of carbonyl (C=O) groups excluding carboxylic acids is 1. The average Bonchev–Trinajstić information content (AvgIpc) is 2.88. The van der Waals surface area contributed by atoms with Crippen LogP contribution in [0.25, 0.3) is 12.2 Å². The van der Waals surface area contributed by atoms with E-state index in [9.17, 15) is 4.79 Å². The largest absolute Gasteiger partial charge is 0.495 e. The van der Waals surface area contributed by atoms with Gasteiger partial charge in [-0.3, -0.25) is 4.79 Å². The topological polar surface area (TPSA) is 66.0 Å². The number of anilines is 1. The first-order valence-electron chi connectivity index (χ1n) is 11.1. The lowest BCUT2D eigenvalue weighted by atomic mass is 10.1. The molecular weight excluding hydrogens is 442 g/mol. The van der Waals surface area contributed by atoms with Crippen LogP contribution < -0.4 is 24.3 Å². The van der Waals surface area contributed by atoms with Crippen LogP contribution in [-0.2, 0) is 4.79 Å². The minimum absolute atomic E-state index is 0.0108. The van der Waals surface area contributed by atoms with Gasteiger partial charge in [0.2, 0.25) is 5.75 Å². The highest BCUT2D eigenvalue weighted by atomic mass is 16.5. The number of methoxy groups -OCH3 is 4. The van der Waals surface area contributed by atoms with Crippen LogP contribution in [0, 0.1) is 0 Å². The number of ketones is 1. The Bertz CT molecular complexity index is 1090. The molecule has 0 aliphatic rings. The number of benzene rings is 2. The summed E-state index contributed by atoms with van der Waals surface area (Å²) in [6.45, 7) is 3.65. The first-order valence-corrected chi connectivity index (χ1v) is 11.1. The zero-order chi connectivity index (χ0) is 25.5. The third-order valence-electron chi connectivity index (χ3n) is 4.89. The van der Waals surface area contributed by atoms with Crippen LogP contribution in [0.1, 0.15) is 24.0 Å². The second kappa shape index (κ2) is 14.9. The smallest absolute Gasteiger partial charge is 0.203 e. The van der Waals surface area contributed by atoms with E-state index in [1.807, 2.05) is 72.9 Å². The number of hydrogen-bond donors (Lipinski definition) is 1.